The maximum atomic E-state index is 12.8. The molecule has 0 radical (unpaired) electrons. The van der Waals surface area contributed by atoms with Crippen molar-refractivity contribution in [3.05, 3.63) is 76.7 Å². The van der Waals surface area contributed by atoms with E-state index in [1.165, 1.54) is 0 Å². The van der Waals surface area contributed by atoms with Crippen LogP contribution in [0.2, 0.25) is 0 Å². The van der Waals surface area contributed by atoms with Crippen molar-refractivity contribution >= 4 is 29.0 Å². The molecule has 2 amide bonds. The molecule has 38 heavy (non-hydrogen) atoms. The molecule has 1 aromatic carbocycles. The van der Waals surface area contributed by atoms with Crippen LogP contribution in [0.4, 0.5) is 5.69 Å². The smallest absolute Gasteiger partial charge is 0.686 e. The standard InChI is InChI=1S/C28H32N6O3.K/c1-16-6-9-20(32-27(36)23-12-24(37-34-23)28(2,3)4)11-21(16)18-10-19(15-31-14-18)22(30-5)13-25(29)33-26(35)17-7-8-17;/h6,9-15,17H,7-8H2,1-5H3,(H4,29,30,32,33,35,36);/q;+1/p-1. The number of aryl methyl sites for hydroxylation is 1. The van der Waals surface area contributed by atoms with Crippen molar-refractivity contribution in [2.24, 2.45) is 16.6 Å². The second kappa shape index (κ2) is 12.5. The largest absolute Gasteiger partial charge is 1.00 e. The van der Waals surface area contributed by atoms with E-state index in [-0.39, 0.29) is 86.1 Å². The molecule has 3 aromatic rings. The third-order valence-electron chi connectivity index (χ3n) is 6.01. The number of anilines is 1. The third-order valence-corrected chi connectivity index (χ3v) is 6.01. The van der Waals surface area contributed by atoms with E-state index >= 15 is 0 Å². The predicted molar refractivity (Wildman–Crippen MR) is 144 cm³/mol. The van der Waals surface area contributed by atoms with Crippen LogP contribution in [0.15, 0.2) is 58.3 Å². The Kier molecular flexibility index (Phi) is 9.83. The summed E-state index contributed by atoms with van der Waals surface area (Å²) in [5.74, 6) is 0.209. The molecule has 0 saturated heterocycles. The van der Waals surface area contributed by atoms with Gasteiger partial charge in [-0.15, -0.1) is 12.7 Å². The molecule has 2 aromatic heterocycles. The first kappa shape index (κ1) is 29.9. The molecule has 0 atom stereocenters. The summed E-state index contributed by atoms with van der Waals surface area (Å²) in [6.07, 6.45) is 6.73. The molecule has 0 spiro atoms. The van der Waals surface area contributed by atoms with E-state index in [2.05, 4.69) is 25.8 Å². The number of nitrogens with one attached hydrogen (secondary N) is 1. The Morgan fingerprint density at radius 2 is 1.92 bits per heavy atom. The van der Waals surface area contributed by atoms with E-state index in [0.29, 0.717) is 17.1 Å². The number of carbonyl (C=O) groups is 2. The van der Waals surface area contributed by atoms with Crippen LogP contribution < -0.4 is 62.4 Å². The molecule has 4 rings (SSSR count). The van der Waals surface area contributed by atoms with Crippen molar-refractivity contribution in [3.8, 4) is 11.1 Å². The maximum absolute atomic E-state index is 12.8. The zero-order valence-electron chi connectivity index (χ0n) is 22.7. The fraction of sp³-hybridized carbons (Fsp3) is 0.321. The molecule has 1 aliphatic carbocycles. The van der Waals surface area contributed by atoms with Crippen molar-refractivity contribution in [2.45, 2.75) is 46.0 Å². The number of hydrogen-bond acceptors (Lipinski definition) is 5. The van der Waals surface area contributed by atoms with Gasteiger partial charge in [0.2, 0.25) is 0 Å². The van der Waals surface area contributed by atoms with Gasteiger partial charge in [0.25, 0.3) is 11.8 Å². The molecule has 0 unspecified atom stereocenters. The fourth-order valence-electron chi connectivity index (χ4n) is 3.67. The molecule has 1 saturated carbocycles. The first-order valence-corrected chi connectivity index (χ1v) is 12.1. The Bertz CT molecular complexity index is 1400. The van der Waals surface area contributed by atoms with Crippen molar-refractivity contribution < 1.29 is 65.5 Å². The maximum Gasteiger partial charge on any atom is 1.00 e. The molecule has 0 aliphatic heterocycles. The van der Waals surface area contributed by atoms with Gasteiger partial charge in [-0.25, -0.2) is 0 Å². The number of nitrogens with two attached hydrogens (primary N) is 1. The summed E-state index contributed by atoms with van der Waals surface area (Å²) in [7, 11) is 1.64. The Morgan fingerprint density at radius 1 is 1.18 bits per heavy atom. The van der Waals surface area contributed by atoms with E-state index in [1.54, 1.807) is 31.6 Å². The SMILES string of the molecule is C[N-]/C(=C\C(N)=NC(=O)C1CC1)c1cncc(-c2cc(NC(=O)c3cc(C(C)(C)C)on3)ccc2C)c1.[K+]. The van der Waals surface area contributed by atoms with Crippen molar-refractivity contribution in [3.63, 3.8) is 0 Å². The quantitative estimate of drug-likeness (QED) is 0.269. The second-order valence-electron chi connectivity index (χ2n) is 10.2. The van der Waals surface area contributed by atoms with E-state index in [1.807, 2.05) is 52.0 Å². The zero-order valence-corrected chi connectivity index (χ0v) is 25.8. The van der Waals surface area contributed by atoms with Gasteiger partial charge in [-0.1, -0.05) is 32.0 Å². The Labute approximate surface area is 265 Å². The van der Waals surface area contributed by atoms with Gasteiger partial charge in [-0.2, -0.15) is 4.99 Å². The number of amidine groups is 1. The van der Waals surface area contributed by atoms with Gasteiger partial charge >= 0.3 is 51.4 Å². The summed E-state index contributed by atoms with van der Waals surface area (Å²) in [5.41, 5.74) is 10.6. The molecule has 9 nitrogen and oxygen atoms in total. The average Bonchev–Trinajstić information content (AvgIpc) is 3.58. The molecule has 10 heteroatoms. The zero-order chi connectivity index (χ0) is 26.7. The normalized spacial score (nSPS) is 14.0. The number of aromatic nitrogens is 2. The molecule has 1 aliphatic rings. The van der Waals surface area contributed by atoms with Crippen LogP contribution in [0.25, 0.3) is 22.1 Å². The van der Waals surface area contributed by atoms with E-state index in [4.69, 9.17) is 10.3 Å². The van der Waals surface area contributed by atoms with Gasteiger partial charge in [-0.3, -0.25) is 14.6 Å². The second-order valence-corrected chi connectivity index (χ2v) is 10.2. The summed E-state index contributed by atoms with van der Waals surface area (Å²) in [6.45, 7) is 7.95. The molecular weight excluding hydrogens is 507 g/mol. The van der Waals surface area contributed by atoms with E-state index < -0.39 is 0 Å². The number of carbonyl (C=O) groups excluding carboxylic acids is 2. The van der Waals surface area contributed by atoms with Crippen molar-refractivity contribution in [1.82, 2.24) is 10.1 Å². The number of pyridine rings is 1. The van der Waals surface area contributed by atoms with Crippen molar-refractivity contribution in [1.29, 1.82) is 0 Å². The minimum absolute atomic E-state index is 0. The molecule has 3 N–H and O–H groups in total. The summed E-state index contributed by atoms with van der Waals surface area (Å²) >= 11 is 0. The molecule has 2 heterocycles. The van der Waals surface area contributed by atoms with Crippen LogP contribution in [-0.4, -0.2) is 34.8 Å². The van der Waals surface area contributed by atoms with Crippen LogP contribution in [-0.2, 0) is 10.2 Å². The third kappa shape index (κ3) is 7.48. The summed E-state index contributed by atoms with van der Waals surface area (Å²) in [4.78, 5) is 33.1. The molecule has 192 valence electrons. The molecule has 0 bridgehead atoms. The first-order chi connectivity index (χ1) is 17.5. The van der Waals surface area contributed by atoms with E-state index in [9.17, 15) is 9.59 Å². The fourth-order valence-corrected chi connectivity index (χ4v) is 3.67. The van der Waals surface area contributed by atoms with Crippen LogP contribution >= 0.6 is 0 Å². The van der Waals surface area contributed by atoms with Gasteiger partial charge in [0.15, 0.2) is 5.69 Å². The number of benzene rings is 1. The summed E-state index contributed by atoms with van der Waals surface area (Å²) < 4.78 is 5.34. The van der Waals surface area contributed by atoms with E-state index in [0.717, 1.165) is 35.1 Å². The number of amides is 2. The Hall–Kier alpha value is -2.63. The van der Waals surface area contributed by atoms with Crippen LogP contribution in [0.5, 0.6) is 0 Å². The van der Waals surface area contributed by atoms with Crippen LogP contribution in [0.1, 0.15) is 61.0 Å². The Morgan fingerprint density at radius 3 is 2.55 bits per heavy atom. The Balaban J connectivity index is 0.00000400. The van der Waals surface area contributed by atoms with Gasteiger partial charge in [0.05, 0.1) is 0 Å². The van der Waals surface area contributed by atoms with Gasteiger partial charge < -0.3 is 20.9 Å². The predicted octanol–water partition coefficient (Wildman–Crippen LogP) is 2.24. The van der Waals surface area contributed by atoms with Gasteiger partial charge in [0, 0.05) is 41.0 Å². The summed E-state index contributed by atoms with van der Waals surface area (Å²) in [6, 6.07) is 9.24. The topological polar surface area (TPSA) is 138 Å². The monoisotopic (exact) mass is 538 g/mol. The molecule has 1 fully saturated rings. The summed E-state index contributed by atoms with van der Waals surface area (Å²) in [5, 5.41) is 11.1. The average molecular weight is 539 g/mol. The number of hydrogen-bond donors (Lipinski definition) is 2. The first-order valence-electron chi connectivity index (χ1n) is 12.1. The molecular formula is C28H31KN6O3. The minimum Gasteiger partial charge on any atom is -0.686 e. The number of nitrogens with zero attached hydrogens (tertiary/aromatic N) is 4. The van der Waals surface area contributed by atoms with Crippen LogP contribution in [0.3, 0.4) is 0 Å². The van der Waals surface area contributed by atoms with Crippen LogP contribution in [0, 0.1) is 12.8 Å². The number of rotatable bonds is 7. The van der Waals surface area contributed by atoms with Gasteiger partial charge in [-0.05, 0) is 60.7 Å². The minimum atomic E-state index is -0.355. The van der Waals surface area contributed by atoms with Crippen molar-refractivity contribution in [2.75, 3.05) is 12.4 Å². The van der Waals surface area contributed by atoms with Gasteiger partial charge in [0.1, 0.15) is 11.6 Å². The number of aliphatic imine (C=N–C) groups is 1.